The third kappa shape index (κ3) is 3.35. The highest BCUT2D eigenvalue weighted by atomic mass is 127. The van der Waals surface area contributed by atoms with Crippen LogP contribution in [0, 0.1) is 5.41 Å². The van der Waals surface area contributed by atoms with Crippen molar-refractivity contribution in [1.29, 1.82) is 0 Å². The van der Waals surface area contributed by atoms with Gasteiger partial charge in [0.05, 0.1) is 6.04 Å². The standard InChI is InChI=1S/C17H23N3.HI/c1-3-7-14(8-4-1)18-16(20-11-5-2-6-12-20)19-15-13-17(15)9-10-17;/h1,3-4,7-8,15H,2,5-6,9-13H2,(H,18,19);1H. The second kappa shape index (κ2) is 6.15. The van der Waals surface area contributed by atoms with Crippen molar-refractivity contribution in [2.24, 2.45) is 10.4 Å². The Morgan fingerprint density at radius 3 is 2.43 bits per heavy atom. The summed E-state index contributed by atoms with van der Waals surface area (Å²) < 4.78 is 0. The summed E-state index contributed by atoms with van der Waals surface area (Å²) in [6.07, 6.45) is 8.08. The van der Waals surface area contributed by atoms with E-state index in [1.165, 1.54) is 38.5 Å². The number of rotatable bonds is 2. The largest absolute Gasteiger partial charge is 0.343 e. The fraction of sp³-hybridized carbons (Fsp3) is 0.588. The number of aliphatic imine (C=N–C) groups is 1. The molecule has 1 heterocycles. The molecule has 1 aliphatic heterocycles. The summed E-state index contributed by atoms with van der Waals surface area (Å²) in [4.78, 5) is 7.50. The molecular formula is C17H24IN3. The SMILES string of the molecule is I.c1ccc(NC(=NC2CC23CC3)N2CCCCC2)cc1. The minimum Gasteiger partial charge on any atom is -0.343 e. The molecule has 0 bridgehead atoms. The van der Waals surface area contributed by atoms with Crippen LogP contribution in [0.3, 0.4) is 0 Å². The van der Waals surface area contributed by atoms with Crippen molar-refractivity contribution in [2.45, 2.75) is 44.6 Å². The van der Waals surface area contributed by atoms with E-state index in [0.29, 0.717) is 11.5 Å². The van der Waals surface area contributed by atoms with Crippen LogP contribution in [0.1, 0.15) is 38.5 Å². The molecule has 0 aromatic heterocycles. The van der Waals surface area contributed by atoms with E-state index in [2.05, 4.69) is 40.5 Å². The highest BCUT2D eigenvalue weighted by molar-refractivity contribution is 14.0. The zero-order chi connectivity index (χ0) is 13.4. The first kappa shape index (κ1) is 15.1. The Hall–Kier alpha value is -0.780. The number of hydrogen-bond acceptors (Lipinski definition) is 1. The third-order valence-electron chi connectivity index (χ3n) is 5.00. The van der Waals surface area contributed by atoms with Gasteiger partial charge in [-0.1, -0.05) is 18.2 Å². The maximum absolute atomic E-state index is 5.05. The fourth-order valence-electron chi connectivity index (χ4n) is 3.30. The lowest BCUT2D eigenvalue weighted by Crippen LogP contribution is -2.40. The number of halogens is 1. The minimum absolute atomic E-state index is 0. The van der Waals surface area contributed by atoms with Crippen LogP contribution in [0.5, 0.6) is 0 Å². The van der Waals surface area contributed by atoms with E-state index >= 15 is 0 Å². The van der Waals surface area contributed by atoms with Gasteiger partial charge >= 0.3 is 0 Å². The average molecular weight is 397 g/mol. The first-order valence-electron chi connectivity index (χ1n) is 8.01. The maximum atomic E-state index is 5.05. The Labute approximate surface area is 144 Å². The number of benzene rings is 1. The van der Waals surface area contributed by atoms with E-state index in [4.69, 9.17) is 4.99 Å². The Morgan fingerprint density at radius 1 is 1.10 bits per heavy atom. The number of nitrogens with zero attached hydrogens (tertiary/aromatic N) is 2. The number of para-hydroxylation sites is 1. The zero-order valence-corrected chi connectivity index (χ0v) is 14.8. The second-order valence-electron chi connectivity index (χ2n) is 6.57. The highest BCUT2D eigenvalue weighted by Crippen LogP contribution is 2.67. The molecule has 1 aromatic rings. The summed E-state index contributed by atoms with van der Waals surface area (Å²) in [5.41, 5.74) is 1.79. The Balaban J connectivity index is 0.00000132. The van der Waals surface area contributed by atoms with Crippen LogP contribution < -0.4 is 5.32 Å². The molecule has 4 rings (SSSR count). The summed E-state index contributed by atoms with van der Waals surface area (Å²) in [5, 5.41) is 3.56. The van der Waals surface area contributed by atoms with Gasteiger partial charge < -0.3 is 10.2 Å². The topological polar surface area (TPSA) is 27.6 Å². The van der Waals surface area contributed by atoms with Crippen LogP contribution >= 0.6 is 24.0 Å². The average Bonchev–Trinajstić information content (AvgIpc) is 3.41. The van der Waals surface area contributed by atoms with E-state index in [1.807, 2.05) is 0 Å². The lowest BCUT2D eigenvalue weighted by molar-refractivity contribution is 0.340. The molecule has 1 spiro atoms. The van der Waals surface area contributed by atoms with Crippen molar-refractivity contribution in [3.63, 3.8) is 0 Å². The van der Waals surface area contributed by atoms with Gasteiger partial charge in [-0.3, -0.25) is 0 Å². The van der Waals surface area contributed by atoms with Gasteiger partial charge in [0.2, 0.25) is 0 Å². The molecule has 2 saturated carbocycles. The Bertz CT molecular complexity index is 504. The smallest absolute Gasteiger partial charge is 0.198 e. The van der Waals surface area contributed by atoms with E-state index in [1.54, 1.807) is 0 Å². The first-order chi connectivity index (χ1) is 9.86. The molecule has 1 atom stereocenters. The normalized spacial score (nSPS) is 26.2. The molecule has 114 valence electrons. The Kier molecular flexibility index (Phi) is 4.43. The van der Waals surface area contributed by atoms with E-state index < -0.39 is 0 Å². The maximum Gasteiger partial charge on any atom is 0.198 e. The number of likely N-dealkylation sites (tertiary alicyclic amines) is 1. The number of anilines is 1. The zero-order valence-electron chi connectivity index (χ0n) is 12.4. The molecule has 3 aliphatic rings. The molecule has 0 amide bonds. The molecule has 3 fully saturated rings. The lowest BCUT2D eigenvalue weighted by Gasteiger charge is -2.30. The van der Waals surface area contributed by atoms with Crippen LogP contribution in [0.25, 0.3) is 0 Å². The van der Waals surface area contributed by atoms with E-state index in [0.717, 1.165) is 24.7 Å². The molecule has 1 N–H and O–H groups in total. The van der Waals surface area contributed by atoms with Gasteiger partial charge in [-0.25, -0.2) is 4.99 Å². The molecule has 3 nitrogen and oxygen atoms in total. The van der Waals surface area contributed by atoms with Crippen LogP contribution in [-0.4, -0.2) is 30.0 Å². The van der Waals surface area contributed by atoms with Gasteiger partial charge in [0, 0.05) is 18.8 Å². The fourth-order valence-corrected chi connectivity index (χ4v) is 3.30. The van der Waals surface area contributed by atoms with Crippen LogP contribution in [0.4, 0.5) is 5.69 Å². The lowest BCUT2D eigenvalue weighted by atomic mass is 10.1. The van der Waals surface area contributed by atoms with Gasteiger partial charge in [0.15, 0.2) is 5.96 Å². The van der Waals surface area contributed by atoms with Gasteiger partial charge in [-0.15, -0.1) is 24.0 Å². The Morgan fingerprint density at radius 2 is 1.81 bits per heavy atom. The van der Waals surface area contributed by atoms with Crippen molar-refractivity contribution in [1.82, 2.24) is 4.90 Å². The van der Waals surface area contributed by atoms with E-state index in [-0.39, 0.29) is 24.0 Å². The van der Waals surface area contributed by atoms with Crippen molar-refractivity contribution < 1.29 is 0 Å². The van der Waals surface area contributed by atoms with Gasteiger partial charge in [-0.05, 0) is 56.1 Å². The molecule has 21 heavy (non-hydrogen) atoms. The highest BCUT2D eigenvalue weighted by Gasteiger charge is 2.63. The number of hydrogen-bond donors (Lipinski definition) is 1. The van der Waals surface area contributed by atoms with Crippen LogP contribution in [-0.2, 0) is 0 Å². The molecular weight excluding hydrogens is 373 g/mol. The van der Waals surface area contributed by atoms with Crippen molar-refractivity contribution in [3.05, 3.63) is 30.3 Å². The predicted molar refractivity (Wildman–Crippen MR) is 98.4 cm³/mol. The summed E-state index contributed by atoms with van der Waals surface area (Å²) in [7, 11) is 0. The van der Waals surface area contributed by atoms with Crippen molar-refractivity contribution in [2.75, 3.05) is 18.4 Å². The van der Waals surface area contributed by atoms with Gasteiger partial charge in [-0.2, -0.15) is 0 Å². The number of piperidine rings is 1. The van der Waals surface area contributed by atoms with Crippen molar-refractivity contribution in [3.8, 4) is 0 Å². The summed E-state index contributed by atoms with van der Waals surface area (Å²) >= 11 is 0. The van der Waals surface area contributed by atoms with Crippen LogP contribution in [0.2, 0.25) is 0 Å². The van der Waals surface area contributed by atoms with Gasteiger partial charge in [0.1, 0.15) is 0 Å². The molecule has 1 saturated heterocycles. The minimum atomic E-state index is 0. The molecule has 2 aliphatic carbocycles. The van der Waals surface area contributed by atoms with Crippen molar-refractivity contribution >= 4 is 35.6 Å². The molecule has 1 aromatic carbocycles. The second-order valence-corrected chi connectivity index (χ2v) is 6.57. The number of guanidine groups is 1. The summed E-state index contributed by atoms with van der Waals surface area (Å²) in [6.45, 7) is 2.30. The van der Waals surface area contributed by atoms with Crippen LogP contribution in [0.15, 0.2) is 35.3 Å². The monoisotopic (exact) mass is 397 g/mol. The first-order valence-corrected chi connectivity index (χ1v) is 8.01. The van der Waals surface area contributed by atoms with Gasteiger partial charge in [0.25, 0.3) is 0 Å². The quantitative estimate of drug-likeness (QED) is 0.462. The predicted octanol–water partition coefficient (Wildman–Crippen LogP) is 4.11. The summed E-state index contributed by atoms with van der Waals surface area (Å²) in [6, 6.07) is 11.1. The van der Waals surface area contributed by atoms with E-state index in [9.17, 15) is 0 Å². The molecule has 1 unspecified atom stereocenters. The summed E-state index contributed by atoms with van der Waals surface area (Å²) in [5.74, 6) is 1.12. The molecule has 4 heteroatoms. The number of nitrogens with one attached hydrogen (secondary N) is 1. The molecule has 0 radical (unpaired) electrons. The third-order valence-corrected chi connectivity index (χ3v) is 5.00.